The first kappa shape index (κ1) is 10.7. The minimum Gasteiger partial charge on any atom is -0.313 e. The van der Waals surface area contributed by atoms with Crippen molar-refractivity contribution in [3.63, 3.8) is 0 Å². The summed E-state index contributed by atoms with van der Waals surface area (Å²) >= 11 is 0. The number of hydrogen-bond acceptors (Lipinski definition) is 1. The van der Waals surface area contributed by atoms with Gasteiger partial charge in [0, 0.05) is 17.7 Å². The zero-order chi connectivity index (χ0) is 11.0. The molecule has 1 atom stereocenters. The van der Waals surface area contributed by atoms with E-state index in [1.807, 2.05) is 13.8 Å². The SMILES string of the molecule is CC(C)C(=O)N1C2=C(CCCC2)C[C@H]1C. The first-order valence-corrected chi connectivity index (χ1v) is 6.15. The molecule has 0 bridgehead atoms. The van der Waals surface area contributed by atoms with Crippen LogP contribution in [0.15, 0.2) is 11.3 Å². The van der Waals surface area contributed by atoms with Crippen LogP contribution in [-0.2, 0) is 4.79 Å². The van der Waals surface area contributed by atoms with Crippen LogP contribution >= 0.6 is 0 Å². The first-order valence-electron chi connectivity index (χ1n) is 6.15. The highest BCUT2D eigenvalue weighted by Crippen LogP contribution is 2.38. The summed E-state index contributed by atoms with van der Waals surface area (Å²) in [5.74, 6) is 0.440. The topological polar surface area (TPSA) is 20.3 Å². The molecule has 0 aromatic heterocycles. The third-order valence-corrected chi connectivity index (χ3v) is 3.55. The highest BCUT2D eigenvalue weighted by Gasteiger charge is 2.34. The maximum Gasteiger partial charge on any atom is 0.229 e. The summed E-state index contributed by atoms with van der Waals surface area (Å²) in [5.41, 5.74) is 2.93. The number of carbonyl (C=O) groups excluding carboxylic acids is 1. The molecule has 2 aliphatic rings. The van der Waals surface area contributed by atoms with E-state index in [2.05, 4.69) is 11.8 Å². The van der Waals surface area contributed by atoms with Gasteiger partial charge in [0.1, 0.15) is 0 Å². The molecule has 1 aliphatic carbocycles. The monoisotopic (exact) mass is 207 g/mol. The molecule has 0 fully saturated rings. The highest BCUT2D eigenvalue weighted by molar-refractivity contribution is 5.81. The molecule has 2 nitrogen and oxygen atoms in total. The van der Waals surface area contributed by atoms with Gasteiger partial charge in [-0.3, -0.25) is 4.79 Å². The van der Waals surface area contributed by atoms with Gasteiger partial charge in [0.2, 0.25) is 5.91 Å². The van der Waals surface area contributed by atoms with Gasteiger partial charge < -0.3 is 4.90 Å². The van der Waals surface area contributed by atoms with Gasteiger partial charge in [0.15, 0.2) is 0 Å². The van der Waals surface area contributed by atoms with E-state index < -0.39 is 0 Å². The van der Waals surface area contributed by atoms with Crippen molar-refractivity contribution in [2.45, 2.75) is 58.9 Å². The van der Waals surface area contributed by atoms with Gasteiger partial charge in [-0.1, -0.05) is 13.8 Å². The van der Waals surface area contributed by atoms with Crippen LogP contribution in [0.3, 0.4) is 0 Å². The average molecular weight is 207 g/mol. The molecule has 0 radical (unpaired) electrons. The molecule has 0 saturated carbocycles. The smallest absolute Gasteiger partial charge is 0.229 e. The van der Waals surface area contributed by atoms with E-state index in [4.69, 9.17) is 0 Å². The van der Waals surface area contributed by atoms with Gasteiger partial charge in [-0.25, -0.2) is 0 Å². The second-order valence-electron chi connectivity index (χ2n) is 5.17. The van der Waals surface area contributed by atoms with Crippen molar-refractivity contribution >= 4 is 5.91 Å². The van der Waals surface area contributed by atoms with Crippen LogP contribution < -0.4 is 0 Å². The van der Waals surface area contributed by atoms with Gasteiger partial charge in [-0.05, 0) is 44.6 Å². The number of allylic oxidation sites excluding steroid dienone is 1. The number of rotatable bonds is 1. The zero-order valence-corrected chi connectivity index (χ0v) is 10.0. The average Bonchev–Trinajstić information content (AvgIpc) is 2.52. The molecule has 2 rings (SSSR count). The van der Waals surface area contributed by atoms with E-state index in [1.54, 1.807) is 5.57 Å². The Balaban J connectivity index is 2.23. The lowest BCUT2D eigenvalue weighted by atomic mass is 9.96. The van der Waals surface area contributed by atoms with Crippen molar-refractivity contribution in [2.24, 2.45) is 5.92 Å². The summed E-state index contributed by atoms with van der Waals surface area (Å²) in [4.78, 5) is 14.2. The largest absolute Gasteiger partial charge is 0.313 e. The van der Waals surface area contributed by atoms with Crippen LogP contribution in [0, 0.1) is 5.92 Å². The molecule has 0 saturated heterocycles. The Morgan fingerprint density at radius 2 is 2.00 bits per heavy atom. The summed E-state index contributed by atoms with van der Waals surface area (Å²) in [6.45, 7) is 6.17. The van der Waals surface area contributed by atoms with Crippen molar-refractivity contribution in [1.82, 2.24) is 4.90 Å². The molecule has 1 amide bonds. The molecule has 15 heavy (non-hydrogen) atoms. The van der Waals surface area contributed by atoms with E-state index in [0.29, 0.717) is 11.9 Å². The molecular weight excluding hydrogens is 186 g/mol. The molecular formula is C13H21NO. The molecule has 1 aliphatic heterocycles. The second kappa shape index (κ2) is 3.99. The zero-order valence-electron chi connectivity index (χ0n) is 10.0. The second-order valence-corrected chi connectivity index (χ2v) is 5.17. The molecule has 0 aromatic carbocycles. The van der Waals surface area contributed by atoms with Gasteiger partial charge in [-0.15, -0.1) is 0 Å². The lowest BCUT2D eigenvalue weighted by Gasteiger charge is -2.28. The van der Waals surface area contributed by atoms with E-state index in [9.17, 15) is 4.79 Å². The van der Waals surface area contributed by atoms with Crippen molar-refractivity contribution in [2.75, 3.05) is 0 Å². The van der Waals surface area contributed by atoms with Crippen LogP contribution in [0.2, 0.25) is 0 Å². The highest BCUT2D eigenvalue weighted by atomic mass is 16.2. The predicted molar refractivity (Wildman–Crippen MR) is 61.3 cm³/mol. The normalized spacial score (nSPS) is 26.1. The third kappa shape index (κ3) is 1.82. The minimum absolute atomic E-state index is 0.126. The fourth-order valence-corrected chi connectivity index (χ4v) is 2.80. The molecule has 84 valence electrons. The van der Waals surface area contributed by atoms with Crippen LogP contribution in [-0.4, -0.2) is 16.8 Å². The van der Waals surface area contributed by atoms with Crippen molar-refractivity contribution in [1.29, 1.82) is 0 Å². The lowest BCUT2D eigenvalue weighted by molar-refractivity contribution is -0.133. The van der Waals surface area contributed by atoms with Gasteiger partial charge in [-0.2, -0.15) is 0 Å². The lowest BCUT2D eigenvalue weighted by Crippen LogP contribution is -2.37. The Bertz CT molecular complexity index is 304. The summed E-state index contributed by atoms with van der Waals surface area (Å²) < 4.78 is 0. The number of carbonyl (C=O) groups is 1. The summed E-state index contributed by atoms with van der Waals surface area (Å²) in [6.07, 6.45) is 6.04. The van der Waals surface area contributed by atoms with E-state index in [-0.39, 0.29) is 5.92 Å². The molecule has 2 heteroatoms. The van der Waals surface area contributed by atoms with Gasteiger partial charge in [0.05, 0.1) is 0 Å². The summed E-state index contributed by atoms with van der Waals surface area (Å²) in [6, 6.07) is 0.406. The van der Waals surface area contributed by atoms with Crippen LogP contribution in [0.5, 0.6) is 0 Å². The number of hydrogen-bond donors (Lipinski definition) is 0. The Kier molecular flexibility index (Phi) is 2.85. The quantitative estimate of drug-likeness (QED) is 0.647. The van der Waals surface area contributed by atoms with E-state index in [1.165, 1.54) is 25.0 Å². The van der Waals surface area contributed by atoms with Crippen LogP contribution in [0.25, 0.3) is 0 Å². The molecule has 0 aromatic rings. The third-order valence-electron chi connectivity index (χ3n) is 3.55. The standard InChI is InChI=1S/C13H21NO/c1-9(2)13(15)14-10(3)8-11-6-4-5-7-12(11)14/h9-10H,4-8H2,1-3H3/t10-/m1/s1. The Morgan fingerprint density at radius 3 is 2.67 bits per heavy atom. The number of nitrogens with zero attached hydrogens (tertiary/aromatic N) is 1. The Hall–Kier alpha value is -0.790. The van der Waals surface area contributed by atoms with Crippen molar-refractivity contribution in [3.05, 3.63) is 11.3 Å². The maximum absolute atomic E-state index is 12.1. The molecule has 0 N–H and O–H groups in total. The Morgan fingerprint density at radius 1 is 1.33 bits per heavy atom. The molecule has 0 spiro atoms. The van der Waals surface area contributed by atoms with E-state index >= 15 is 0 Å². The van der Waals surface area contributed by atoms with Gasteiger partial charge in [0.25, 0.3) is 0 Å². The van der Waals surface area contributed by atoms with Crippen LogP contribution in [0.4, 0.5) is 0 Å². The fourth-order valence-electron chi connectivity index (χ4n) is 2.80. The van der Waals surface area contributed by atoms with Crippen LogP contribution in [0.1, 0.15) is 52.9 Å². The molecule has 1 heterocycles. The summed E-state index contributed by atoms with van der Waals surface area (Å²) in [7, 11) is 0. The van der Waals surface area contributed by atoms with Crippen molar-refractivity contribution in [3.8, 4) is 0 Å². The summed E-state index contributed by atoms with van der Waals surface area (Å²) in [5, 5.41) is 0. The predicted octanol–water partition coefficient (Wildman–Crippen LogP) is 3.09. The molecule has 0 unspecified atom stereocenters. The minimum atomic E-state index is 0.126. The van der Waals surface area contributed by atoms with E-state index in [0.717, 1.165) is 12.8 Å². The maximum atomic E-state index is 12.1. The van der Waals surface area contributed by atoms with Crippen molar-refractivity contribution < 1.29 is 4.79 Å². The number of amides is 1. The first-order chi connectivity index (χ1) is 7.11. The van der Waals surface area contributed by atoms with Gasteiger partial charge >= 0.3 is 0 Å². The Labute approximate surface area is 92.3 Å². The fraction of sp³-hybridized carbons (Fsp3) is 0.769.